The van der Waals surface area contributed by atoms with E-state index in [9.17, 15) is 4.39 Å². The molecule has 21 heavy (non-hydrogen) atoms. The van der Waals surface area contributed by atoms with Crippen molar-refractivity contribution in [1.82, 2.24) is 15.1 Å². The molecule has 0 radical (unpaired) electrons. The van der Waals surface area contributed by atoms with Crippen LogP contribution in [0.1, 0.15) is 37.6 Å². The molecule has 0 aliphatic heterocycles. The van der Waals surface area contributed by atoms with E-state index in [1.807, 2.05) is 17.7 Å². The van der Waals surface area contributed by atoms with Crippen LogP contribution in [-0.2, 0) is 13.0 Å². The van der Waals surface area contributed by atoms with Crippen molar-refractivity contribution in [3.8, 4) is 0 Å². The monoisotopic (exact) mass is 309 g/mol. The number of halogens is 2. The SMILES string of the molecule is CCCNC(Cc1c(F)cccc1Cl)c1ccnn1CC. The van der Waals surface area contributed by atoms with E-state index in [1.165, 1.54) is 6.07 Å². The summed E-state index contributed by atoms with van der Waals surface area (Å²) in [5.41, 5.74) is 1.61. The molecule has 2 rings (SSSR count). The Balaban J connectivity index is 2.28. The first-order valence-electron chi connectivity index (χ1n) is 7.35. The van der Waals surface area contributed by atoms with Gasteiger partial charge in [-0.3, -0.25) is 4.68 Å². The minimum absolute atomic E-state index is 0.00167. The first-order valence-corrected chi connectivity index (χ1v) is 7.73. The second kappa shape index (κ2) is 7.57. The Labute approximate surface area is 130 Å². The second-order valence-corrected chi connectivity index (χ2v) is 5.39. The molecule has 1 unspecified atom stereocenters. The Morgan fingerprint density at radius 1 is 1.33 bits per heavy atom. The van der Waals surface area contributed by atoms with Gasteiger partial charge >= 0.3 is 0 Å². The fourth-order valence-electron chi connectivity index (χ4n) is 2.43. The highest BCUT2D eigenvalue weighted by Gasteiger charge is 2.19. The normalized spacial score (nSPS) is 12.6. The van der Waals surface area contributed by atoms with Gasteiger partial charge in [0.2, 0.25) is 0 Å². The lowest BCUT2D eigenvalue weighted by atomic mass is 10.0. The fourth-order valence-corrected chi connectivity index (χ4v) is 2.67. The standard InChI is InChI=1S/C16H21ClFN3/c1-3-9-19-15(16-8-10-20-21(16)4-2)11-12-13(17)6-5-7-14(12)18/h5-8,10,15,19H,3-4,9,11H2,1-2H3. The van der Waals surface area contributed by atoms with Crippen molar-refractivity contribution in [3.63, 3.8) is 0 Å². The lowest BCUT2D eigenvalue weighted by Gasteiger charge is -2.20. The predicted molar refractivity (Wildman–Crippen MR) is 84.0 cm³/mol. The van der Waals surface area contributed by atoms with E-state index in [0.29, 0.717) is 17.0 Å². The molecule has 0 bridgehead atoms. The lowest BCUT2D eigenvalue weighted by molar-refractivity contribution is 0.470. The van der Waals surface area contributed by atoms with Crippen LogP contribution in [0.3, 0.4) is 0 Å². The third-order valence-corrected chi connectivity index (χ3v) is 3.87. The predicted octanol–water partition coefficient (Wildman–Crippen LogP) is 3.98. The van der Waals surface area contributed by atoms with Gasteiger partial charge in [0.1, 0.15) is 5.82 Å². The van der Waals surface area contributed by atoms with Crippen molar-refractivity contribution in [2.24, 2.45) is 0 Å². The van der Waals surface area contributed by atoms with Crippen LogP contribution in [0.5, 0.6) is 0 Å². The molecule has 114 valence electrons. The zero-order valence-electron chi connectivity index (χ0n) is 12.4. The number of aromatic nitrogens is 2. The average molecular weight is 310 g/mol. The highest BCUT2D eigenvalue weighted by Crippen LogP contribution is 2.25. The van der Waals surface area contributed by atoms with E-state index in [-0.39, 0.29) is 11.9 Å². The summed E-state index contributed by atoms with van der Waals surface area (Å²) in [5.74, 6) is -0.256. The molecule has 1 heterocycles. The summed E-state index contributed by atoms with van der Waals surface area (Å²) >= 11 is 6.15. The van der Waals surface area contributed by atoms with Crippen molar-refractivity contribution in [3.05, 3.63) is 52.6 Å². The molecule has 1 aromatic carbocycles. The maximum atomic E-state index is 14.0. The van der Waals surface area contributed by atoms with Crippen LogP contribution in [0.25, 0.3) is 0 Å². The van der Waals surface area contributed by atoms with E-state index in [2.05, 4.69) is 17.3 Å². The number of nitrogens with one attached hydrogen (secondary N) is 1. The summed E-state index contributed by atoms with van der Waals surface area (Å²) in [6.45, 7) is 5.81. The lowest BCUT2D eigenvalue weighted by Crippen LogP contribution is -2.27. The number of nitrogens with zero attached hydrogens (tertiary/aromatic N) is 2. The molecule has 1 N–H and O–H groups in total. The summed E-state index contributed by atoms with van der Waals surface area (Å²) < 4.78 is 16.0. The van der Waals surface area contributed by atoms with E-state index >= 15 is 0 Å². The van der Waals surface area contributed by atoms with Gasteiger partial charge in [0, 0.05) is 23.3 Å². The van der Waals surface area contributed by atoms with Crippen LogP contribution in [0.4, 0.5) is 4.39 Å². The molecule has 0 amide bonds. The Kier molecular flexibility index (Phi) is 5.76. The number of benzene rings is 1. The molecule has 0 aliphatic carbocycles. The van der Waals surface area contributed by atoms with E-state index in [4.69, 9.17) is 11.6 Å². The van der Waals surface area contributed by atoms with Gasteiger partial charge in [-0.15, -0.1) is 0 Å². The molecule has 0 fully saturated rings. The van der Waals surface area contributed by atoms with Crippen molar-refractivity contribution in [1.29, 1.82) is 0 Å². The maximum Gasteiger partial charge on any atom is 0.127 e. The molecular formula is C16H21ClFN3. The first kappa shape index (κ1) is 16.0. The van der Waals surface area contributed by atoms with Gasteiger partial charge in [-0.25, -0.2) is 4.39 Å². The number of hydrogen-bond acceptors (Lipinski definition) is 2. The van der Waals surface area contributed by atoms with Crippen molar-refractivity contribution >= 4 is 11.6 Å². The molecule has 1 aromatic heterocycles. The first-order chi connectivity index (χ1) is 10.2. The quantitative estimate of drug-likeness (QED) is 0.838. The third-order valence-electron chi connectivity index (χ3n) is 3.52. The Bertz CT molecular complexity index is 562. The molecule has 0 saturated heterocycles. The van der Waals surface area contributed by atoms with Crippen LogP contribution in [-0.4, -0.2) is 16.3 Å². The molecule has 3 nitrogen and oxygen atoms in total. The van der Waals surface area contributed by atoms with Crippen molar-refractivity contribution < 1.29 is 4.39 Å². The minimum atomic E-state index is -0.256. The van der Waals surface area contributed by atoms with Gasteiger partial charge in [0.15, 0.2) is 0 Å². The zero-order chi connectivity index (χ0) is 15.2. The molecular weight excluding hydrogens is 289 g/mol. The van der Waals surface area contributed by atoms with Gasteiger partial charge in [-0.2, -0.15) is 5.10 Å². The highest BCUT2D eigenvalue weighted by molar-refractivity contribution is 6.31. The summed E-state index contributed by atoms with van der Waals surface area (Å²) in [6, 6.07) is 6.79. The minimum Gasteiger partial charge on any atom is -0.308 e. The third kappa shape index (κ3) is 3.83. The Morgan fingerprint density at radius 2 is 2.14 bits per heavy atom. The van der Waals surface area contributed by atoms with Crippen LogP contribution < -0.4 is 5.32 Å². The van der Waals surface area contributed by atoms with E-state index in [1.54, 1.807) is 18.3 Å². The van der Waals surface area contributed by atoms with Gasteiger partial charge in [0.05, 0.1) is 11.7 Å². The van der Waals surface area contributed by atoms with Crippen molar-refractivity contribution in [2.75, 3.05) is 6.54 Å². The highest BCUT2D eigenvalue weighted by atomic mass is 35.5. The molecule has 0 saturated carbocycles. The largest absolute Gasteiger partial charge is 0.308 e. The number of hydrogen-bond donors (Lipinski definition) is 1. The second-order valence-electron chi connectivity index (χ2n) is 4.98. The zero-order valence-corrected chi connectivity index (χ0v) is 13.2. The van der Waals surface area contributed by atoms with Crippen LogP contribution in [0.15, 0.2) is 30.5 Å². The summed E-state index contributed by atoms with van der Waals surface area (Å²) in [6.07, 6.45) is 3.31. The smallest absolute Gasteiger partial charge is 0.127 e. The van der Waals surface area contributed by atoms with E-state index < -0.39 is 0 Å². The van der Waals surface area contributed by atoms with E-state index in [0.717, 1.165) is 25.2 Å². The molecule has 2 aromatic rings. The molecule has 0 spiro atoms. The summed E-state index contributed by atoms with van der Waals surface area (Å²) in [5, 5.41) is 8.24. The number of rotatable bonds is 7. The Morgan fingerprint density at radius 3 is 2.81 bits per heavy atom. The fraction of sp³-hybridized carbons (Fsp3) is 0.438. The van der Waals surface area contributed by atoms with Gasteiger partial charge in [-0.05, 0) is 44.5 Å². The maximum absolute atomic E-state index is 14.0. The van der Waals surface area contributed by atoms with Crippen molar-refractivity contribution in [2.45, 2.75) is 39.3 Å². The summed E-state index contributed by atoms with van der Waals surface area (Å²) in [7, 11) is 0. The molecule has 5 heteroatoms. The molecule has 1 atom stereocenters. The average Bonchev–Trinajstić information content (AvgIpc) is 2.94. The van der Waals surface area contributed by atoms with Gasteiger partial charge in [0.25, 0.3) is 0 Å². The topological polar surface area (TPSA) is 29.9 Å². The van der Waals surface area contributed by atoms with Gasteiger partial charge < -0.3 is 5.32 Å². The molecule has 0 aliphatic rings. The van der Waals surface area contributed by atoms with Gasteiger partial charge in [-0.1, -0.05) is 24.6 Å². The van der Waals surface area contributed by atoms with Crippen LogP contribution in [0, 0.1) is 5.82 Å². The van der Waals surface area contributed by atoms with Crippen LogP contribution in [0.2, 0.25) is 5.02 Å². The number of aryl methyl sites for hydroxylation is 1. The summed E-state index contributed by atoms with van der Waals surface area (Å²) in [4.78, 5) is 0. The van der Waals surface area contributed by atoms with Crippen LogP contribution >= 0.6 is 11.6 Å². The Hall–Kier alpha value is -1.39.